The molecule has 1 aliphatic rings. The Hall–Kier alpha value is -1.36. The first-order valence-electron chi connectivity index (χ1n) is 5.50. The molecular weight excluding hydrogens is 222 g/mol. The molecule has 2 N–H and O–H groups in total. The number of aromatic nitrogens is 2. The van der Waals surface area contributed by atoms with Gasteiger partial charge in [0.05, 0.1) is 10.6 Å². The number of hydrogen-bond acceptors (Lipinski definition) is 5. The monoisotopic (exact) mass is 235 g/mol. The molecule has 84 valence electrons. The third-order valence-electron chi connectivity index (χ3n) is 2.77. The molecule has 0 unspecified atom stereocenters. The van der Waals surface area contributed by atoms with Crippen LogP contribution in [0.2, 0.25) is 0 Å². The van der Waals surface area contributed by atoms with Crippen LogP contribution in [0, 0.1) is 0 Å². The molecule has 0 saturated heterocycles. The highest BCUT2D eigenvalue weighted by molar-refractivity contribution is 7.16. The summed E-state index contributed by atoms with van der Waals surface area (Å²) in [6.45, 7) is 2.11. The van der Waals surface area contributed by atoms with E-state index in [1.165, 1.54) is 17.7 Å². The molecule has 0 atom stereocenters. The van der Waals surface area contributed by atoms with Crippen LogP contribution in [0.3, 0.4) is 0 Å². The van der Waals surface area contributed by atoms with E-state index >= 15 is 0 Å². The van der Waals surface area contributed by atoms with Gasteiger partial charge in [-0.15, -0.1) is 11.3 Å². The molecule has 16 heavy (non-hydrogen) atoms. The van der Waals surface area contributed by atoms with Crippen molar-refractivity contribution < 1.29 is 4.52 Å². The summed E-state index contributed by atoms with van der Waals surface area (Å²) in [6.07, 6.45) is 3.34. The summed E-state index contributed by atoms with van der Waals surface area (Å²) < 4.78 is 5.26. The van der Waals surface area contributed by atoms with E-state index in [1.807, 2.05) is 6.07 Å². The molecule has 5 heteroatoms. The number of nitrogens with two attached hydrogens (primary N) is 1. The highest BCUT2D eigenvalue weighted by atomic mass is 32.1. The minimum Gasteiger partial charge on any atom is -0.390 e. The van der Waals surface area contributed by atoms with Gasteiger partial charge >= 0.3 is 0 Å². The van der Waals surface area contributed by atoms with E-state index in [4.69, 9.17) is 10.3 Å². The third-order valence-corrected chi connectivity index (χ3v) is 3.88. The lowest BCUT2D eigenvalue weighted by atomic mass is 10.2. The molecule has 2 aromatic rings. The zero-order valence-corrected chi connectivity index (χ0v) is 9.88. The Morgan fingerprint density at radius 1 is 1.56 bits per heavy atom. The smallest absolute Gasteiger partial charge is 0.260 e. The van der Waals surface area contributed by atoms with E-state index in [-0.39, 0.29) is 0 Å². The van der Waals surface area contributed by atoms with Gasteiger partial charge in [0, 0.05) is 10.8 Å². The second-order valence-electron chi connectivity index (χ2n) is 4.08. The van der Waals surface area contributed by atoms with E-state index in [0.717, 1.165) is 22.8 Å². The minimum absolute atomic E-state index is 0.517. The molecule has 2 heterocycles. The van der Waals surface area contributed by atoms with Crippen molar-refractivity contribution in [3.63, 3.8) is 0 Å². The molecule has 0 radical (unpaired) electrons. The van der Waals surface area contributed by atoms with Crippen LogP contribution in [0.5, 0.6) is 0 Å². The van der Waals surface area contributed by atoms with Crippen LogP contribution in [0.1, 0.15) is 36.4 Å². The number of nitrogen functional groups attached to an aromatic ring is 1. The number of anilines is 1. The quantitative estimate of drug-likeness (QED) is 0.888. The first-order valence-corrected chi connectivity index (χ1v) is 6.31. The van der Waals surface area contributed by atoms with E-state index in [1.54, 1.807) is 11.3 Å². The third kappa shape index (κ3) is 1.61. The average Bonchev–Trinajstić information content (AvgIpc) is 2.89. The lowest BCUT2D eigenvalue weighted by Crippen LogP contribution is -1.84. The molecular formula is C11H13N3OS. The van der Waals surface area contributed by atoms with Gasteiger partial charge in [0.25, 0.3) is 5.89 Å². The number of rotatable bonds is 3. The lowest BCUT2D eigenvalue weighted by Gasteiger charge is -1.88. The van der Waals surface area contributed by atoms with Crippen LogP contribution in [-0.2, 0) is 6.42 Å². The summed E-state index contributed by atoms with van der Waals surface area (Å²) in [4.78, 5) is 5.65. The Balaban J connectivity index is 1.96. The largest absolute Gasteiger partial charge is 0.390 e. The maximum atomic E-state index is 5.94. The van der Waals surface area contributed by atoms with Crippen LogP contribution < -0.4 is 5.73 Å². The van der Waals surface area contributed by atoms with Crippen molar-refractivity contribution in [3.05, 3.63) is 16.8 Å². The Morgan fingerprint density at radius 2 is 2.38 bits per heavy atom. The highest BCUT2D eigenvalue weighted by Crippen LogP contribution is 2.40. The molecule has 1 fully saturated rings. The first kappa shape index (κ1) is 9.84. The van der Waals surface area contributed by atoms with Crippen molar-refractivity contribution >= 4 is 16.3 Å². The molecule has 4 nitrogen and oxygen atoms in total. The summed E-state index contributed by atoms with van der Waals surface area (Å²) in [5, 5.41) is 4.76. The fourth-order valence-electron chi connectivity index (χ4n) is 1.65. The van der Waals surface area contributed by atoms with Crippen molar-refractivity contribution in [1.29, 1.82) is 0 Å². The van der Waals surface area contributed by atoms with Gasteiger partial charge in [-0.3, -0.25) is 0 Å². The van der Waals surface area contributed by atoms with Crippen molar-refractivity contribution in [2.24, 2.45) is 0 Å². The fraction of sp³-hybridized carbons (Fsp3) is 0.455. The predicted molar refractivity (Wildman–Crippen MR) is 63.4 cm³/mol. The summed E-state index contributed by atoms with van der Waals surface area (Å²) >= 11 is 1.59. The second kappa shape index (κ2) is 3.59. The number of aryl methyl sites for hydroxylation is 1. The normalized spacial score (nSPS) is 15.6. The average molecular weight is 235 g/mol. The van der Waals surface area contributed by atoms with E-state index in [0.29, 0.717) is 11.8 Å². The Kier molecular flexibility index (Phi) is 2.21. The van der Waals surface area contributed by atoms with Crippen LogP contribution in [0.25, 0.3) is 11.5 Å². The first-order chi connectivity index (χ1) is 7.78. The number of thiophene rings is 1. The Bertz CT molecular complexity index is 513. The van der Waals surface area contributed by atoms with Gasteiger partial charge in [-0.2, -0.15) is 4.98 Å². The summed E-state index contributed by atoms with van der Waals surface area (Å²) in [5.41, 5.74) is 6.83. The van der Waals surface area contributed by atoms with Crippen molar-refractivity contribution in [2.75, 3.05) is 5.73 Å². The maximum absolute atomic E-state index is 5.94. The van der Waals surface area contributed by atoms with Gasteiger partial charge < -0.3 is 10.3 Å². The van der Waals surface area contributed by atoms with E-state index in [9.17, 15) is 0 Å². The predicted octanol–water partition coefficient (Wildman–Crippen LogP) is 2.82. The lowest BCUT2D eigenvalue weighted by molar-refractivity contribution is 0.423. The van der Waals surface area contributed by atoms with Crippen LogP contribution >= 0.6 is 11.3 Å². The van der Waals surface area contributed by atoms with Crippen molar-refractivity contribution in [1.82, 2.24) is 10.1 Å². The molecule has 1 aliphatic carbocycles. The van der Waals surface area contributed by atoms with Crippen molar-refractivity contribution in [3.8, 4) is 11.5 Å². The second-order valence-corrected chi connectivity index (χ2v) is 5.24. The maximum Gasteiger partial charge on any atom is 0.260 e. The topological polar surface area (TPSA) is 64.9 Å². The minimum atomic E-state index is 0.517. The summed E-state index contributed by atoms with van der Waals surface area (Å²) in [5.74, 6) is 1.91. The summed E-state index contributed by atoms with van der Waals surface area (Å²) in [6, 6.07) is 2.05. The molecule has 0 spiro atoms. The zero-order chi connectivity index (χ0) is 11.1. The van der Waals surface area contributed by atoms with Crippen LogP contribution in [-0.4, -0.2) is 10.1 Å². The molecule has 1 saturated carbocycles. The van der Waals surface area contributed by atoms with E-state index in [2.05, 4.69) is 17.1 Å². The van der Waals surface area contributed by atoms with Crippen molar-refractivity contribution in [2.45, 2.75) is 32.1 Å². The zero-order valence-electron chi connectivity index (χ0n) is 9.06. The molecule has 2 aromatic heterocycles. The van der Waals surface area contributed by atoms with Gasteiger partial charge in [0.15, 0.2) is 5.82 Å². The fourth-order valence-corrected chi connectivity index (χ4v) is 2.51. The summed E-state index contributed by atoms with van der Waals surface area (Å²) in [7, 11) is 0. The van der Waals surface area contributed by atoms with E-state index < -0.39 is 0 Å². The molecule has 0 bridgehead atoms. The van der Waals surface area contributed by atoms with Crippen LogP contribution in [0.15, 0.2) is 10.6 Å². The SMILES string of the molecule is CCc1cc(-c2nc(C3CC3)no2)c(N)s1. The van der Waals surface area contributed by atoms with Gasteiger partial charge in [0.1, 0.15) is 0 Å². The number of hydrogen-bond donors (Lipinski definition) is 1. The standard InChI is InChI=1S/C11H13N3OS/c1-2-7-5-8(9(12)16-7)11-13-10(14-15-11)6-3-4-6/h5-6H,2-4,12H2,1H3. The van der Waals surface area contributed by atoms with Gasteiger partial charge in [0.2, 0.25) is 0 Å². The Morgan fingerprint density at radius 3 is 3.00 bits per heavy atom. The van der Waals surface area contributed by atoms with Gasteiger partial charge in [-0.25, -0.2) is 0 Å². The number of nitrogens with zero attached hydrogens (tertiary/aromatic N) is 2. The molecule has 0 aliphatic heterocycles. The molecule has 3 rings (SSSR count). The highest BCUT2D eigenvalue weighted by Gasteiger charge is 2.29. The molecule has 0 amide bonds. The van der Waals surface area contributed by atoms with Gasteiger partial charge in [-0.1, -0.05) is 12.1 Å². The molecule has 0 aromatic carbocycles. The van der Waals surface area contributed by atoms with Crippen LogP contribution in [0.4, 0.5) is 5.00 Å². The Labute approximate surface area is 97.5 Å². The van der Waals surface area contributed by atoms with Gasteiger partial charge in [-0.05, 0) is 25.3 Å².